The van der Waals surface area contributed by atoms with E-state index in [2.05, 4.69) is 20.0 Å². The van der Waals surface area contributed by atoms with Gasteiger partial charge in [0.1, 0.15) is 5.56 Å². The summed E-state index contributed by atoms with van der Waals surface area (Å²) in [6.45, 7) is 3.82. The lowest BCUT2D eigenvalue weighted by Crippen LogP contribution is -2.15. The molecule has 9 nitrogen and oxygen atoms in total. The second-order valence-electron chi connectivity index (χ2n) is 5.74. The maximum atomic E-state index is 11.6. The number of furan rings is 1. The second kappa shape index (κ2) is 7.73. The molecule has 3 aromatic heterocycles. The highest BCUT2D eigenvalue weighted by atomic mass is 16.6. The normalized spacial score (nSPS) is 11.4. The van der Waals surface area contributed by atoms with Crippen LogP contribution in [0, 0.1) is 13.8 Å². The summed E-state index contributed by atoms with van der Waals surface area (Å²) in [5.74, 6) is 0.615. The van der Waals surface area contributed by atoms with Crippen LogP contribution in [0.4, 0.5) is 0 Å². The summed E-state index contributed by atoms with van der Waals surface area (Å²) in [6, 6.07) is 7.03. The first kappa shape index (κ1) is 18.2. The molecule has 0 spiro atoms. The number of oxime groups is 1. The van der Waals surface area contributed by atoms with Crippen molar-refractivity contribution in [3.63, 3.8) is 0 Å². The lowest BCUT2D eigenvalue weighted by Gasteiger charge is -2.05. The van der Waals surface area contributed by atoms with Crippen LogP contribution in [0.15, 0.2) is 46.3 Å². The van der Waals surface area contributed by atoms with Gasteiger partial charge in [-0.15, -0.1) is 0 Å². The van der Waals surface area contributed by atoms with Crippen LogP contribution in [-0.4, -0.2) is 33.7 Å². The number of esters is 1. The van der Waals surface area contributed by atoms with E-state index in [0.29, 0.717) is 17.1 Å². The van der Waals surface area contributed by atoms with Crippen LogP contribution in [0.5, 0.6) is 0 Å². The van der Waals surface area contributed by atoms with Gasteiger partial charge in [0.2, 0.25) is 0 Å². The topological polar surface area (TPSA) is 118 Å². The van der Waals surface area contributed by atoms with E-state index in [-0.39, 0.29) is 18.0 Å². The van der Waals surface area contributed by atoms with Gasteiger partial charge in [0.05, 0.1) is 19.1 Å². The van der Waals surface area contributed by atoms with Gasteiger partial charge >= 0.3 is 5.97 Å². The first-order valence-electron chi connectivity index (χ1n) is 8.09. The van der Waals surface area contributed by atoms with Gasteiger partial charge in [-0.2, -0.15) is 5.10 Å². The smallest absolute Gasteiger partial charge is 0.341 e. The van der Waals surface area contributed by atoms with E-state index >= 15 is 0 Å². The van der Waals surface area contributed by atoms with Crippen LogP contribution in [0.1, 0.15) is 33.1 Å². The summed E-state index contributed by atoms with van der Waals surface area (Å²) in [4.78, 5) is 21.1. The third-order valence-corrected chi connectivity index (χ3v) is 3.78. The van der Waals surface area contributed by atoms with Gasteiger partial charge in [-0.25, -0.2) is 14.5 Å². The van der Waals surface area contributed by atoms with Crippen molar-refractivity contribution in [2.24, 2.45) is 10.9 Å². The fourth-order valence-electron chi connectivity index (χ4n) is 2.48. The van der Waals surface area contributed by atoms with Gasteiger partial charge in [0, 0.05) is 17.5 Å². The zero-order valence-corrected chi connectivity index (χ0v) is 15.2. The number of rotatable bonds is 6. The van der Waals surface area contributed by atoms with Gasteiger partial charge < -0.3 is 19.7 Å². The van der Waals surface area contributed by atoms with Crippen LogP contribution < -0.4 is 5.73 Å². The van der Waals surface area contributed by atoms with E-state index in [1.54, 1.807) is 23.0 Å². The second-order valence-corrected chi connectivity index (χ2v) is 5.74. The summed E-state index contributed by atoms with van der Waals surface area (Å²) < 4.78 is 11.6. The molecule has 3 aromatic rings. The number of aryl methyl sites for hydroxylation is 2. The van der Waals surface area contributed by atoms with E-state index in [9.17, 15) is 4.79 Å². The minimum atomic E-state index is -0.511. The Kier molecular flexibility index (Phi) is 5.20. The van der Waals surface area contributed by atoms with Crippen molar-refractivity contribution in [1.29, 1.82) is 0 Å². The minimum absolute atomic E-state index is 0.0601. The highest BCUT2D eigenvalue weighted by Gasteiger charge is 2.15. The molecule has 27 heavy (non-hydrogen) atoms. The number of carbonyl (C=O) groups is 1. The van der Waals surface area contributed by atoms with Gasteiger partial charge in [-0.05, 0) is 38.1 Å². The van der Waals surface area contributed by atoms with Crippen molar-refractivity contribution in [2.45, 2.75) is 20.5 Å². The molecular formula is C18H19N5O4. The van der Waals surface area contributed by atoms with Crippen LogP contribution in [0.3, 0.4) is 0 Å². The van der Waals surface area contributed by atoms with Crippen molar-refractivity contribution < 1.29 is 18.8 Å². The van der Waals surface area contributed by atoms with Crippen LogP contribution >= 0.6 is 0 Å². The highest BCUT2D eigenvalue weighted by molar-refractivity contribution is 5.96. The number of nitrogens with two attached hydrogens (primary N) is 1. The molecule has 0 atom stereocenters. The number of ether oxygens (including phenoxy) is 1. The number of hydrogen-bond donors (Lipinski definition) is 1. The number of methoxy groups -OCH3 is 1. The molecule has 0 aliphatic carbocycles. The van der Waals surface area contributed by atoms with Crippen molar-refractivity contribution >= 4 is 11.8 Å². The summed E-state index contributed by atoms with van der Waals surface area (Å²) in [5.41, 5.74) is 8.69. The standard InChI is InChI=1S/C18H19N5O4/c1-11-8-12(2)23(21-11)16-5-4-13(9-20-16)17(19)22-27-10-15-14(6-7-26-15)18(24)25-3/h4-9H,10H2,1-3H3,(H2,19,22). The lowest BCUT2D eigenvalue weighted by molar-refractivity contribution is 0.0587. The molecule has 0 aromatic carbocycles. The number of hydrogen-bond acceptors (Lipinski definition) is 7. The molecule has 0 bridgehead atoms. The minimum Gasteiger partial charge on any atom is -0.465 e. The Bertz CT molecular complexity index is 972. The number of aromatic nitrogens is 3. The Morgan fingerprint density at radius 1 is 1.33 bits per heavy atom. The van der Waals surface area contributed by atoms with E-state index in [1.165, 1.54) is 19.4 Å². The SMILES string of the molecule is COC(=O)c1ccoc1CON=C(N)c1ccc(-n2nc(C)cc2C)nc1. The molecule has 0 unspecified atom stereocenters. The molecule has 9 heteroatoms. The molecule has 140 valence electrons. The molecule has 3 heterocycles. The summed E-state index contributed by atoms with van der Waals surface area (Å²) in [5, 5.41) is 8.22. The summed E-state index contributed by atoms with van der Waals surface area (Å²) >= 11 is 0. The Balaban J connectivity index is 1.67. The van der Waals surface area contributed by atoms with Gasteiger partial charge in [0.15, 0.2) is 24.0 Å². The molecule has 0 fully saturated rings. The molecule has 0 radical (unpaired) electrons. The van der Waals surface area contributed by atoms with E-state index in [4.69, 9.17) is 15.0 Å². The lowest BCUT2D eigenvalue weighted by atomic mass is 10.2. The van der Waals surface area contributed by atoms with Crippen molar-refractivity contribution in [2.75, 3.05) is 7.11 Å². The Labute approximate surface area is 155 Å². The third kappa shape index (κ3) is 3.97. The Morgan fingerprint density at radius 2 is 2.15 bits per heavy atom. The number of pyridine rings is 1. The predicted octanol–water partition coefficient (Wildman–Crippen LogP) is 2.10. The fourth-order valence-corrected chi connectivity index (χ4v) is 2.48. The molecule has 0 aliphatic rings. The van der Waals surface area contributed by atoms with Gasteiger partial charge in [0.25, 0.3) is 0 Å². The highest BCUT2D eigenvalue weighted by Crippen LogP contribution is 2.14. The van der Waals surface area contributed by atoms with Crippen molar-refractivity contribution in [3.8, 4) is 5.82 Å². The maximum absolute atomic E-state index is 11.6. The first-order valence-corrected chi connectivity index (χ1v) is 8.09. The first-order chi connectivity index (χ1) is 13.0. The van der Waals surface area contributed by atoms with Crippen LogP contribution in [0.25, 0.3) is 5.82 Å². The fraction of sp³-hybridized carbons (Fsp3) is 0.222. The van der Waals surface area contributed by atoms with Crippen molar-refractivity contribution in [1.82, 2.24) is 14.8 Å². The van der Waals surface area contributed by atoms with Crippen LogP contribution in [-0.2, 0) is 16.2 Å². The monoisotopic (exact) mass is 369 g/mol. The average Bonchev–Trinajstić information content (AvgIpc) is 3.27. The Morgan fingerprint density at radius 3 is 2.78 bits per heavy atom. The van der Waals surface area contributed by atoms with Crippen molar-refractivity contribution in [3.05, 3.63) is 65.0 Å². The van der Waals surface area contributed by atoms with E-state index in [0.717, 1.165) is 11.4 Å². The third-order valence-electron chi connectivity index (χ3n) is 3.78. The number of carbonyl (C=O) groups excluding carboxylic acids is 1. The molecule has 0 amide bonds. The molecule has 0 saturated carbocycles. The summed E-state index contributed by atoms with van der Waals surface area (Å²) in [7, 11) is 1.29. The zero-order chi connectivity index (χ0) is 19.4. The largest absolute Gasteiger partial charge is 0.465 e. The zero-order valence-electron chi connectivity index (χ0n) is 15.2. The molecule has 0 aliphatic heterocycles. The molecule has 0 saturated heterocycles. The van der Waals surface area contributed by atoms with Crippen LogP contribution in [0.2, 0.25) is 0 Å². The van der Waals surface area contributed by atoms with E-state index < -0.39 is 5.97 Å². The molecular weight excluding hydrogens is 350 g/mol. The van der Waals surface area contributed by atoms with E-state index in [1.807, 2.05) is 19.9 Å². The predicted molar refractivity (Wildman–Crippen MR) is 96.4 cm³/mol. The summed E-state index contributed by atoms with van der Waals surface area (Å²) in [6.07, 6.45) is 2.96. The molecule has 2 N–H and O–H groups in total. The van der Waals surface area contributed by atoms with Gasteiger partial charge in [-0.3, -0.25) is 0 Å². The quantitative estimate of drug-likeness (QED) is 0.306. The molecule has 3 rings (SSSR count). The average molecular weight is 369 g/mol. The number of amidine groups is 1. The number of nitrogens with zero attached hydrogens (tertiary/aromatic N) is 4. The Hall–Kier alpha value is -3.62. The maximum Gasteiger partial charge on any atom is 0.341 e. The van der Waals surface area contributed by atoms with Gasteiger partial charge in [-0.1, -0.05) is 5.16 Å².